The van der Waals surface area contributed by atoms with Gasteiger partial charge in [0.2, 0.25) is 0 Å². The summed E-state index contributed by atoms with van der Waals surface area (Å²) in [6.07, 6.45) is 2.60. The predicted molar refractivity (Wildman–Crippen MR) is 104 cm³/mol. The Balaban J connectivity index is 2.06. The zero-order valence-electron chi connectivity index (χ0n) is 15.9. The fraction of sp³-hybridized carbons (Fsp3) is 0.409. The molecule has 0 radical (unpaired) electrons. The maximum atomic E-state index is 11.9. The summed E-state index contributed by atoms with van der Waals surface area (Å²) in [6.45, 7) is 3.31. The molecule has 2 aromatic carbocycles. The van der Waals surface area contributed by atoms with E-state index in [4.69, 9.17) is 9.47 Å². The van der Waals surface area contributed by atoms with Gasteiger partial charge in [-0.05, 0) is 50.1 Å². The Morgan fingerprint density at radius 2 is 1.93 bits per heavy atom. The molecule has 0 amide bonds. The van der Waals surface area contributed by atoms with E-state index in [0.29, 0.717) is 13.0 Å². The quantitative estimate of drug-likeness (QED) is 0.795. The van der Waals surface area contributed by atoms with E-state index < -0.39 is 12.0 Å². The van der Waals surface area contributed by atoms with Gasteiger partial charge in [0, 0.05) is 5.56 Å². The highest BCUT2D eigenvalue weighted by molar-refractivity contribution is 5.73. The summed E-state index contributed by atoms with van der Waals surface area (Å²) in [4.78, 5) is 14.0. The zero-order valence-corrected chi connectivity index (χ0v) is 15.9. The first-order chi connectivity index (χ1) is 13.2. The lowest BCUT2D eigenvalue weighted by Crippen LogP contribution is -2.46. The molecule has 1 aliphatic heterocycles. The summed E-state index contributed by atoms with van der Waals surface area (Å²) >= 11 is 0. The maximum Gasteiger partial charge on any atom is 0.320 e. The number of rotatable bonds is 7. The van der Waals surface area contributed by atoms with Gasteiger partial charge in [-0.25, -0.2) is 0 Å². The molecule has 144 valence electrons. The van der Waals surface area contributed by atoms with Gasteiger partial charge >= 0.3 is 5.97 Å². The molecular weight excluding hydrogens is 342 g/mol. The number of para-hydroxylation sites is 1. The number of carboxylic acid groups (broad SMARTS) is 1. The lowest BCUT2D eigenvalue weighted by Gasteiger charge is -2.40. The molecule has 2 atom stereocenters. The van der Waals surface area contributed by atoms with E-state index in [1.807, 2.05) is 55.5 Å². The second kappa shape index (κ2) is 8.91. The molecule has 3 rings (SSSR count). The molecule has 2 unspecified atom stereocenters. The molecule has 0 saturated carbocycles. The van der Waals surface area contributed by atoms with Crippen molar-refractivity contribution in [2.75, 3.05) is 20.3 Å². The monoisotopic (exact) mass is 369 g/mol. The van der Waals surface area contributed by atoms with Crippen molar-refractivity contribution in [3.05, 3.63) is 59.7 Å². The molecule has 27 heavy (non-hydrogen) atoms. The molecule has 0 aliphatic carbocycles. The van der Waals surface area contributed by atoms with Gasteiger partial charge in [0.1, 0.15) is 17.5 Å². The summed E-state index contributed by atoms with van der Waals surface area (Å²) in [6, 6.07) is 15.1. The summed E-state index contributed by atoms with van der Waals surface area (Å²) in [5, 5.41) is 9.80. The van der Waals surface area contributed by atoms with Crippen LogP contribution in [0, 0.1) is 0 Å². The molecule has 1 fully saturated rings. The summed E-state index contributed by atoms with van der Waals surface area (Å²) < 4.78 is 11.2. The number of aliphatic carboxylic acids is 1. The van der Waals surface area contributed by atoms with Crippen LogP contribution in [0.15, 0.2) is 48.5 Å². The number of likely N-dealkylation sites (tertiary alicyclic amines) is 1. The van der Waals surface area contributed by atoms with E-state index in [1.54, 1.807) is 7.11 Å². The van der Waals surface area contributed by atoms with Gasteiger partial charge in [-0.2, -0.15) is 0 Å². The van der Waals surface area contributed by atoms with E-state index >= 15 is 0 Å². The van der Waals surface area contributed by atoms with Crippen LogP contribution in [0.5, 0.6) is 11.5 Å². The van der Waals surface area contributed by atoms with Crippen LogP contribution in [0.4, 0.5) is 0 Å². The van der Waals surface area contributed by atoms with Crippen LogP contribution in [0.1, 0.15) is 43.4 Å². The lowest BCUT2D eigenvalue weighted by atomic mass is 9.91. The largest absolute Gasteiger partial charge is 0.496 e. The van der Waals surface area contributed by atoms with Crippen molar-refractivity contribution in [1.29, 1.82) is 0 Å². The predicted octanol–water partition coefficient (Wildman–Crippen LogP) is 4.12. The number of methoxy groups -OCH3 is 1. The van der Waals surface area contributed by atoms with E-state index in [2.05, 4.69) is 4.90 Å². The van der Waals surface area contributed by atoms with Crippen molar-refractivity contribution in [3.8, 4) is 11.5 Å². The van der Waals surface area contributed by atoms with E-state index in [9.17, 15) is 9.90 Å². The Morgan fingerprint density at radius 3 is 2.59 bits per heavy atom. The number of carbonyl (C=O) groups is 1. The van der Waals surface area contributed by atoms with Gasteiger partial charge in [0.15, 0.2) is 0 Å². The average molecular weight is 369 g/mol. The van der Waals surface area contributed by atoms with Gasteiger partial charge in [-0.1, -0.05) is 36.8 Å². The smallest absolute Gasteiger partial charge is 0.320 e. The standard InChI is InChI=1S/C22H27NO4/c1-3-27-17-13-11-16(12-14-17)21(18-8-4-5-10-20(18)26-2)23-15-7-6-9-19(23)22(24)25/h4-5,8,10-14,19,21H,3,6-7,9,15H2,1-2H3,(H,24,25). The normalized spacial score (nSPS) is 18.7. The van der Waals surface area contributed by atoms with Crippen LogP contribution in [0.25, 0.3) is 0 Å². The summed E-state index contributed by atoms with van der Waals surface area (Å²) in [5.41, 5.74) is 2.02. The first-order valence-corrected chi connectivity index (χ1v) is 9.50. The number of benzene rings is 2. The molecule has 2 aromatic rings. The van der Waals surface area contributed by atoms with E-state index in [1.165, 1.54) is 0 Å². The topological polar surface area (TPSA) is 59.0 Å². The molecule has 0 spiro atoms. The summed E-state index contributed by atoms with van der Waals surface area (Å²) in [5.74, 6) is 0.820. The third-order valence-electron chi connectivity index (χ3n) is 5.10. The molecule has 1 N–H and O–H groups in total. The van der Waals surface area contributed by atoms with Crippen LogP contribution >= 0.6 is 0 Å². The van der Waals surface area contributed by atoms with Crippen molar-refractivity contribution >= 4 is 5.97 Å². The third kappa shape index (κ3) is 4.25. The molecule has 1 aliphatic rings. The molecule has 1 saturated heterocycles. The number of hydrogen-bond donors (Lipinski definition) is 1. The highest BCUT2D eigenvalue weighted by Crippen LogP contribution is 2.38. The molecule has 0 bridgehead atoms. The number of ether oxygens (including phenoxy) is 2. The average Bonchev–Trinajstić information content (AvgIpc) is 2.70. The van der Waals surface area contributed by atoms with Gasteiger partial charge in [-0.3, -0.25) is 9.69 Å². The Hall–Kier alpha value is -2.53. The Bertz CT molecular complexity index is 759. The minimum atomic E-state index is -0.763. The van der Waals surface area contributed by atoms with E-state index in [-0.39, 0.29) is 6.04 Å². The second-order valence-corrected chi connectivity index (χ2v) is 6.73. The fourth-order valence-corrected chi connectivity index (χ4v) is 3.88. The Kier molecular flexibility index (Phi) is 6.35. The first-order valence-electron chi connectivity index (χ1n) is 9.50. The fourth-order valence-electron chi connectivity index (χ4n) is 3.88. The molecule has 1 heterocycles. The molecular formula is C22H27NO4. The highest BCUT2D eigenvalue weighted by atomic mass is 16.5. The van der Waals surface area contributed by atoms with Crippen molar-refractivity contribution in [3.63, 3.8) is 0 Å². The van der Waals surface area contributed by atoms with Gasteiger partial charge in [-0.15, -0.1) is 0 Å². The Morgan fingerprint density at radius 1 is 1.19 bits per heavy atom. The van der Waals surface area contributed by atoms with E-state index in [0.717, 1.165) is 42.0 Å². The molecule has 5 heteroatoms. The lowest BCUT2D eigenvalue weighted by molar-refractivity contribution is -0.145. The van der Waals surface area contributed by atoms with Crippen LogP contribution in [-0.2, 0) is 4.79 Å². The van der Waals surface area contributed by atoms with Crippen LogP contribution in [-0.4, -0.2) is 42.3 Å². The molecule has 0 aromatic heterocycles. The minimum absolute atomic E-state index is 0.182. The van der Waals surface area contributed by atoms with Crippen molar-refractivity contribution in [1.82, 2.24) is 4.90 Å². The van der Waals surface area contributed by atoms with Crippen LogP contribution in [0.3, 0.4) is 0 Å². The van der Waals surface area contributed by atoms with Crippen LogP contribution in [0.2, 0.25) is 0 Å². The minimum Gasteiger partial charge on any atom is -0.496 e. The van der Waals surface area contributed by atoms with Gasteiger partial charge < -0.3 is 14.6 Å². The highest BCUT2D eigenvalue weighted by Gasteiger charge is 2.36. The number of carboxylic acids is 1. The van der Waals surface area contributed by atoms with Crippen molar-refractivity contribution in [2.45, 2.75) is 38.3 Å². The van der Waals surface area contributed by atoms with Crippen LogP contribution < -0.4 is 9.47 Å². The van der Waals surface area contributed by atoms with Crippen molar-refractivity contribution in [2.24, 2.45) is 0 Å². The van der Waals surface area contributed by atoms with Gasteiger partial charge in [0.25, 0.3) is 0 Å². The van der Waals surface area contributed by atoms with Crippen molar-refractivity contribution < 1.29 is 19.4 Å². The number of piperidine rings is 1. The zero-order chi connectivity index (χ0) is 19.2. The van der Waals surface area contributed by atoms with Gasteiger partial charge in [0.05, 0.1) is 19.8 Å². The SMILES string of the molecule is CCOc1ccc(C(c2ccccc2OC)N2CCCCC2C(=O)O)cc1. The molecule has 5 nitrogen and oxygen atoms in total. The number of hydrogen-bond acceptors (Lipinski definition) is 4. The maximum absolute atomic E-state index is 11.9. The second-order valence-electron chi connectivity index (χ2n) is 6.73. The third-order valence-corrected chi connectivity index (χ3v) is 5.10. The number of nitrogens with zero attached hydrogens (tertiary/aromatic N) is 1. The Labute approximate surface area is 160 Å². The summed E-state index contributed by atoms with van der Waals surface area (Å²) in [7, 11) is 1.65. The first kappa shape index (κ1) is 19.2.